The Labute approximate surface area is 129 Å². The third-order valence-corrected chi connectivity index (χ3v) is 4.47. The first-order valence-electron chi connectivity index (χ1n) is 8.46. The number of nitrogens with zero attached hydrogens (tertiary/aromatic N) is 1. The van der Waals surface area contributed by atoms with Gasteiger partial charge in [0.25, 0.3) is 0 Å². The number of hydrogen-bond acceptors (Lipinski definition) is 2. The number of aryl methyl sites for hydroxylation is 1. The predicted octanol–water partition coefficient (Wildman–Crippen LogP) is 4.33. The summed E-state index contributed by atoms with van der Waals surface area (Å²) in [6, 6.07) is 8.75. The lowest BCUT2D eigenvalue weighted by Gasteiger charge is -2.29. The number of rotatable bonds is 7. The second-order valence-electron chi connectivity index (χ2n) is 6.74. The highest BCUT2D eigenvalue weighted by molar-refractivity contribution is 5.97. The first-order valence-corrected chi connectivity index (χ1v) is 8.46. The van der Waals surface area contributed by atoms with E-state index < -0.39 is 0 Å². The van der Waals surface area contributed by atoms with E-state index in [9.17, 15) is 4.79 Å². The zero-order chi connectivity index (χ0) is 15.2. The molecule has 2 nitrogen and oxygen atoms in total. The third kappa shape index (κ3) is 4.67. The Morgan fingerprint density at radius 3 is 2.33 bits per heavy atom. The number of carbonyl (C=O) groups is 1. The molecule has 0 bridgehead atoms. The van der Waals surface area contributed by atoms with Gasteiger partial charge in [0, 0.05) is 18.2 Å². The van der Waals surface area contributed by atoms with E-state index in [4.69, 9.17) is 0 Å². The maximum atomic E-state index is 12.6. The van der Waals surface area contributed by atoms with Crippen LogP contribution in [0.2, 0.25) is 0 Å². The number of carbonyl (C=O) groups excluding carboxylic acids is 1. The van der Waals surface area contributed by atoms with E-state index in [0.29, 0.717) is 18.5 Å². The minimum absolute atomic E-state index is 0.269. The molecule has 0 saturated heterocycles. The fraction of sp³-hybridized carbons (Fsp3) is 0.632. The SMILES string of the molecule is CCc1ccc(C(=O)CN(CC(C)C)C2CCCC2)cc1. The molecule has 1 saturated carbocycles. The summed E-state index contributed by atoms with van der Waals surface area (Å²) in [6.45, 7) is 8.23. The van der Waals surface area contributed by atoms with E-state index in [1.165, 1.54) is 31.2 Å². The fourth-order valence-electron chi connectivity index (χ4n) is 3.28. The highest BCUT2D eigenvalue weighted by Crippen LogP contribution is 2.24. The van der Waals surface area contributed by atoms with Crippen LogP contribution in [0.5, 0.6) is 0 Å². The van der Waals surface area contributed by atoms with Crippen LogP contribution in [0.25, 0.3) is 0 Å². The van der Waals surface area contributed by atoms with Gasteiger partial charge in [0.05, 0.1) is 6.54 Å². The van der Waals surface area contributed by atoms with Crippen LogP contribution < -0.4 is 0 Å². The smallest absolute Gasteiger partial charge is 0.176 e. The molecular weight excluding hydrogens is 258 g/mol. The Bertz CT molecular complexity index is 443. The maximum absolute atomic E-state index is 12.6. The van der Waals surface area contributed by atoms with Gasteiger partial charge in [0.1, 0.15) is 0 Å². The van der Waals surface area contributed by atoms with Gasteiger partial charge in [-0.15, -0.1) is 0 Å². The van der Waals surface area contributed by atoms with E-state index in [1.807, 2.05) is 12.1 Å². The highest BCUT2D eigenvalue weighted by atomic mass is 16.1. The van der Waals surface area contributed by atoms with Gasteiger partial charge in [0.2, 0.25) is 0 Å². The zero-order valence-electron chi connectivity index (χ0n) is 13.8. The Morgan fingerprint density at radius 1 is 1.19 bits per heavy atom. The predicted molar refractivity (Wildman–Crippen MR) is 88.8 cm³/mol. The molecule has 0 unspecified atom stereocenters. The summed E-state index contributed by atoms with van der Waals surface area (Å²) in [6.07, 6.45) is 6.18. The normalized spacial score (nSPS) is 16.0. The summed E-state index contributed by atoms with van der Waals surface area (Å²) < 4.78 is 0. The second kappa shape index (κ2) is 7.74. The van der Waals surface area contributed by atoms with E-state index in [2.05, 4.69) is 37.8 Å². The number of Topliss-reactive ketones (excluding diaryl/α,β-unsaturated/α-hetero) is 1. The van der Waals surface area contributed by atoms with Crippen LogP contribution in [0, 0.1) is 5.92 Å². The molecule has 1 aliphatic rings. The summed E-state index contributed by atoms with van der Waals surface area (Å²) >= 11 is 0. The van der Waals surface area contributed by atoms with Gasteiger partial charge in [-0.2, -0.15) is 0 Å². The molecule has 0 aromatic heterocycles. The molecule has 0 amide bonds. The van der Waals surface area contributed by atoms with Crippen LogP contribution in [-0.4, -0.2) is 29.8 Å². The Balaban J connectivity index is 2.01. The van der Waals surface area contributed by atoms with Gasteiger partial charge < -0.3 is 0 Å². The molecule has 0 atom stereocenters. The fourth-order valence-corrected chi connectivity index (χ4v) is 3.28. The first-order chi connectivity index (χ1) is 10.1. The quantitative estimate of drug-likeness (QED) is 0.696. The van der Waals surface area contributed by atoms with Crippen LogP contribution in [0.4, 0.5) is 0 Å². The molecule has 1 aromatic rings. The third-order valence-electron chi connectivity index (χ3n) is 4.47. The van der Waals surface area contributed by atoms with Crippen molar-refractivity contribution >= 4 is 5.78 Å². The van der Waals surface area contributed by atoms with Crippen molar-refractivity contribution in [2.24, 2.45) is 5.92 Å². The average molecular weight is 287 g/mol. The van der Waals surface area contributed by atoms with Crippen molar-refractivity contribution in [1.29, 1.82) is 0 Å². The summed E-state index contributed by atoms with van der Waals surface area (Å²) in [7, 11) is 0. The first kappa shape index (κ1) is 16.2. The number of hydrogen-bond donors (Lipinski definition) is 0. The molecule has 0 aliphatic heterocycles. The monoisotopic (exact) mass is 287 g/mol. The van der Waals surface area contributed by atoms with Crippen molar-refractivity contribution in [3.05, 3.63) is 35.4 Å². The molecule has 0 N–H and O–H groups in total. The Kier molecular flexibility index (Phi) is 5.98. The molecule has 1 aromatic carbocycles. The van der Waals surface area contributed by atoms with E-state index >= 15 is 0 Å². The van der Waals surface area contributed by atoms with Gasteiger partial charge in [0.15, 0.2) is 5.78 Å². The molecule has 0 spiro atoms. The van der Waals surface area contributed by atoms with Crippen molar-refractivity contribution in [3.8, 4) is 0 Å². The molecule has 2 heteroatoms. The Morgan fingerprint density at radius 2 is 1.81 bits per heavy atom. The molecule has 116 valence electrons. The summed E-state index contributed by atoms with van der Waals surface area (Å²) in [5.41, 5.74) is 2.15. The van der Waals surface area contributed by atoms with Crippen LogP contribution in [0.15, 0.2) is 24.3 Å². The maximum Gasteiger partial charge on any atom is 0.176 e. The van der Waals surface area contributed by atoms with Gasteiger partial charge >= 0.3 is 0 Å². The van der Waals surface area contributed by atoms with Crippen LogP contribution in [-0.2, 0) is 6.42 Å². The standard InChI is InChI=1S/C19H29NO/c1-4-16-9-11-17(12-10-16)19(21)14-20(13-15(2)3)18-7-5-6-8-18/h9-12,15,18H,4-8,13-14H2,1-3H3. The van der Waals surface area contributed by atoms with Crippen molar-refractivity contribution in [2.45, 2.75) is 58.9 Å². The summed E-state index contributed by atoms with van der Waals surface area (Å²) in [5.74, 6) is 0.881. The second-order valence-corrected chi connectivity index (χ2v) is 6.74. The van der Waals surface area contributed by atoms with Gasteiger partial charge in [-0.3, -0.25) is 9.69 Å². The summed E-state index contributed by atoms with van der Waals surface area (Å²) in [4.78, 5) is 15.0. The molecule has 21 heavy (non-hydrogen) atoms. The topological polar surface area (TPSA) is 20.3 Å². The van der Waals surface area contributed by atoms with Crippen molar-refractivity contribution in [2.75, 3.05) is 13.1 Å². The minimum atomic E-state index is 0.269. The molecule has 0 radical (unpaired) electrons. The van der Waals surface area contributed by atoms with Crippen molar-refractivity contribution in [3.63, 3.8) is 0 Å². The van der Waals surface area contributed by atoms with Crippen LogP contribution in [0.1, 0.15) is 62.4 Å². The largest absolute Gasteiger partial charge is 0.293 e. The number of ketones is 1. The van der Waals surface area contributed by atoms with E-state index in [-0.39, 0.29) is 5.78 Å². The molecule has 2 rings (SSSR count). The van der Waals surface area contributed by atoms with Gasteiger partial charge in [-0.1, -0.05) is 57.9 Å². The molecule has 1 aliphatic carbocycles. The van der Waals surface area contributed by atoms with E-state index in [0.717, 1.165) is 18.5 Å². The minimum Gasteiger partial charge on any atom is -0.293 e. The van der Waals surface area contributed by atoms with Gasteiger partial charge in [-0.05, 0) is 30.7 Å². The lowest BCUT2D eigenvalue weighted by molar-refractivity contribution is 0.0876. The zero-order valence-corrected chi connectivity index (χ0v) is 13.8. The lowest BCUT2D eigenvalue weighted by atomic mass is 10.0. The highest BCUT2D eigenvalue weighted by Gasteiger charge is 2.25. The summed E-state index contributed by atoms with van der Waals surface area (Å²) in [5, 5.41) is 0. The van der Waals surface area contributed by atoms with E-state index in [1.54, 1.807) is 0 Å². The van der Waals surface area contributed by atoms with Crippen molar-refractivity contribution < 1.29 is 4.79 Å². The average Bonchev–Trinajstić information content (AvgIpc) is 3.00. The number of benzene rings is 1. The Hall–Kier alpha value is -1.15. The molecule has 1 fully saturated rings. The van der Waals surface area contributed by atoms with Crippen molar-refractivity contribution in [1.82, 2.24) is 4.90 Å². The molecular formula is C19H29NO. The van der Waals surface area contributed by atoms with Gasteiger partial charge in [-0.25, -0.2) is 0 Å². The van der Waals surface area contributed by atoms with Crippen LogP contribution in [0.3, 0.4) is 0 Å². The molecule has 0 heterocycles. The van der Waals surface area contributed by atoms with Crippen LogP contribution >= 0.6 is 0 Å². The lowest BCUT2D eigenvalue weighted by Crippen LogP contribution is -2.40.